The number of alkyl halides is 2. The summed E-state index contributed by atoms with van der Waals surface area (Å²) in [5.41, 5.74) is -0.869. The van der Waals surface area contributed by atoms with Crippen molar-refractivity contribution >= 4 is 11.6 Å². The SMILES string of the molecule is FC12CC3CC(C1)CC(Cl)(C3)C2. The van der Waals surface area contributed by atoms with Gasteiger partial charge in [0, 0.05) is 11.3 Å². The highest BCUT2D eigenvalue weighted by Gasteiger charge is 2.57. The monoisotopic (exact) mass is 188 g/mol. The van der Waals surface area contributed by atoms with Gasteiger partial charge in [-0.25, -0.2) is 4.39 Å². The van der Waals surface area contributed by atoms with E-state index in [2.05, 4.69) is 0 Å². The molecule has 2 heteroatoms. The highest BCUT2D eigenvalue weighted by Crippen LogP contribution is 2.61. The van der Waals surface area contributed by atoms with Crippen LogP contribution in [0.15, 0.2) is 0 Å². The molecule has 4 saturated carbocycles. The van der Waals surface area contributed by atoms with Crippen molar-refractivity contribution in [2.75, 3.05) is 0 Å². The second kappa shape index (κ2) is 2.00. The van der Waals surface area contributed by atoms with Crippen LogP contribution in [-0.2, 0) is 0 Å². The largest absolute Gasteiger partial charge is 0.244 e. The second-order valence-corrected chi connectivity index (χ2v) is 6.06. The third-order valence-corrected chi connectivity index (χ3v) is 4.36. The van der Waals surface area contributed by atoms with Gasteiger partial charge in [0.15, 0.2) is 0 Å². The zero-order valence-corrected chi connectivity index (χ0v) is 7.91. The third kappa shape index (κ3) is 0.951. The summed E-state index contributed by atoms with van der Waals surface area (Å²) in [5.74, 6) is 1.21. The van der Waals surface area contributed by atoms with E-state index in [4.69, 9.17) is 11.6 Å². The van der Waals surface area contributed by atoms with Gasteiger partial charge in [-0.3, -0.25) is 0 Å². The van der Waals surface area contributed by atoms with Crippen LogP contribution in [0.4, 0.5) is 4.39 Å². The Kier molecular flexibility index (Phi) is 1.27. The predicted molar refractivity (Wildman–Crippen MR) is 47.1 cm³/mol. The van der Waals surface area contributed by atoms with Gasteiger partial charge in [0.25, 0.3) is 0 Å². The average molecular weight is 189 g/mol. The molecule has 2 unspecified atom stereocenters. The van der Waals surface area contributed by atoms with E-state index in [1.165, 1.54) is 6.42 Å². The lowest BCUT2D eigenvalue weighted by molar-refractivity contribution is -0.0618. The van der Waals surface area contributed by atoms with Crippen molar-refractivity contribution in [3.63, 3.8) is 0 Å². The molecular weight excluding hydrogens is 175 g/mol. The summed E-state index contributed by atoms with van der Waals surface area (Å²) in [6.07, 6.45) is 5.65. The maximum atomic E-state index is 14.0. The lowest BCUT2D eigenvalue weighted by Gasteiger charge is -2.56. The van der Waals surface area contributed by atoms with Crippen molar-refractivity contribution < 1.29 is 4.39 Å². The van der Waals surface area contributed by atoms with Gasteiger partial charge >= 0.3 is 0 Å². The van der Waals surface area contributed by atoms with Gasteiger partial charge in [-0.2, -0.15) is 0 Å². The smallest absolute Gasteiger partial charge is 0.113 e. The normalized spacial score (nSPS) is 62.5. The summed E-state index contributed by atoms with van der Waals surface area (Å²) in [6.45, 7) is 0. The lowest BCUT2D eigenvalue weighted by Crippen LogP contribution is -2.54. The van der Waals surface area contributed by atoms with Gasteiger partial charge in [-0.1, -0.05) is 0 Å². The fourth-order valence-corrected chi connectivity index (χ4v) is 4.72. The highest BCUT2D eigenvalue weighted by molar-refractivity contribution is 6.24. The predicted octanol–water partition coefficient (Wildman–Crippen LogP) is 3.29. The van der Waals surface area contributed by atoms with Gasteiger partial charge in [-0.05, 0) is 43.9 Å². The zero-order chi connectivity index (χ0) is 8.40. The second-order valence-electron chi connectivity index (χ2n) is 5.26. The molecule has 0 nitrogen and oxygen atoms in total. The fourth-order valence-electron chi connectivity index (χ4n) is 4.04. The molecule has 0 heterocycles. The summed E-state index contributed by atoms with van der Waals surface area (Å²) in [5, 5.41) is 0. The minimum atomic E-state index is -0.869. The van der Waals surface area contributed by atoms with Crippen molar-refractivity contribution in [2.24, 2.45) is 11.8 Å². The van der Waals surface area contributed by atoms with Crippen molar-refractivity contribution in [3.05, 3.63) is 0 Å². The van der Waals surface area contributed by atoms with E-state index in [-0.39, 0.29) is 4.87 Å². The number of halogens is 2. The quantitative estimate of drug-likeness (QED) is 0.512. The summed E-state index contributed by atoms with van der Waals surface area (Å²) < 4.78 is 14.0. The first-order valence-electron chi connectivity index (χ1n) is 4.95. The molecule has 0 aromatic rings. The highest BCUT2D eigenvalue weighted by atomic mass is 35.5. The number of hydrogen-bond acceptors (Lipinski definition) is 0. The molecule has 0 aliphatic heterocycles. The van der Waals surface area contributed by atoms with Crippen molar-refractivity contribution in [3.8, 4) is 0 Å². The van der Waals surface area contributed by atoms with Gasteiger partial charge < -0.3 is 0 Å². The van der Waals surface area contributed by atoms with Crippen LogP contribution in [0.3, 0.4) is 0 Å². The molecule has 0 radical (unpaired) electrons. The molecule has 4 rings (SSSR count). The van der Waals surface area contributed by atoms with E-state index in [9.17, 15) is 4.39 Å². The molecule has 0 aromatic carbocycles. The van der Waals surface area contributed by atoms with Crippen LogP contribution >= 0.6 is 11.6 Å². The van der Waals surface area contributed by atoms with E-state index >= 15 is 0 Å². The van der Waals surface area contributed by atoms with Gasteiger partial charge in [0.05, 0.1) is 0 Å². The van der Waals surface area contributed by atoms with Crippen LogP contribution in [0, 0.1) is 11.8 Å². The summed E-state index contributed by atoms with van der Waals surface area (Å²) in [6, 6.07) is 0. The standard InChI is InChI=1S/C10H14ClF/c11-9-2-7-1-8(3-9)5-10(12,4-7)6-9/h7-8H,1-6H2. The van der Waals surface area contributed by atoms with E-state index in [1.54, 1.807) is 0 Å². The average Bonchev–Trinajstić information content (AvgIpc) is 1.75. The molecule has 0 saturated heterocycles. The Balaban J connectivity index is 1.98. The van der Waals surface area contributed by atoms with Crippen LogP contribution in [0.1, 0.15) is 38.5 Å². The van der Waals surface area contributed by atoms with Gasteiger partial charge in [0.2, 0.25) is 0 Å². The minimum Gasteiger partial charge on any atom is -0.244 e. The van der Waals surface area contributed by atoms with Crippen LogP contribution in [0.2, 0.25) is 0 Å². The molecule has 68 valence electrons. The number of hydrogen-bond donors (Lipinski definition) is 0. The molecular formula is C10H14ClF. The Morgan fingerprint density at radius 3 is 2.08 bits per heavy atom. The lowest BCUT2D eigenvalue weighted by atomic mass is 9.54. The first-order chi connectivity index (χ1) is 5.57. The molecule has 0 amide bonds. The van der Waals surface area contributed by atoms with E-state index in [0.717, 1.165) is 25.7 Å². The molecule has 4 aliphatic carbocycles. The molecule has 0 spiro atoms. The topological polar surface area (TPSA) is 0 Å². The van der Waals surface area contributed by atoms with Crippen molar-refractivity contribution in [1.29, 1.82) is 0 Å². The molecule has 0 aromatic heterocycles. The maximum Gasteiger partial charge on any atom is 0.113 e. The molecule has 12 heavy (non-hydrogen) atoms. The van der Waals surface area contributed by atoms with Crippen LogP contribution < -0.4 is 0 Å². The Labute approximate surface area is 77.5 Å². The zero-order valence-electron chi connectivity index (χ0n) is 7.15. The first-order valence-corrected chi connectivity index (χ1v) is 5.33. The first kappa shape index (κ1) is 7.61. The minimum absolute atomic E-state index is 0.140. The fraction of sp³-hybridized carbons (Fsp3) is 1.00. The molecule has 4 aliphatic rings. The van der Waals surface area contributed by atoms with Crippen LogP contribution in [0.25, 0.3) is 0 Å². The van der Waals surface area contributed by atoms with Crippen molar-refractivity contribution in [1.82, 2.24) is 0 Å². The third-order valence-electron chi connectivity index (χ3n) is 3.92. The maximum absolute atomic E-state index is 14.0. The van der Waals surface area contributed by atoms with E-state index in [1.807, 2.05) is 0 Å². The Bertz CT molecular complexity index is 192. The Hall–Kier alpha value is 0.220. The van der Waals surface area contributed by atoms with E-state index < -0.39 is 5.67 Å². The summed E-state index contributed by atoms with van der Waals surface area (Å²) >= 11 is 6.38. The van der Waals surface area contributed by atoms with Gasteiger partial charge in [-0.15, -0.1) is 11.6 Å². The van der Waals surface area contributed by atoms with Crippen LogP contribution in [0.5, 0.6) is 0 Å². The van der Waals surface area contributed by atoms with Gasteiger partial charge in [0.1, 0.15) is 5.67 Å². The summed E-state index contributed by atoms with van der Waals surface area (Å²) in [7, 11) is 0. The van der Waals surface area contributed by atoms with Crippen molar-refractivity contribution in [2.45, 2.75) is 49.1 Å². The Morgan fingerprint density at radius 1 is 1.08 bits per heavy atom. The molecule has 2 atom stereocenters. The van der Waals surface area contributed by atoms with Crippen LogP contribution in [-0.4, -0.2) is 10.5 Å². The Morgan fingerprint density at radius 2 is 1.67 bits per heavy atom. The number of rotatable bonds is 0. The molecule has 0 N–H and O–H groups in total. The van der Waals surface area contributed by atoms with E-state index in [0.29, 0.717) is 18.3 Å². The molecule has 4 bridgehead atoms. The molecule has 4 fully saturated rings. The summed E-state index contributed by atoms with van der Waals surface area (Å²) in [4.78, 5) is -0.140.